The van der Waals surface area contributed by atoms with Crippen molar-refractivity contribution in [1.82, 2.24) is 9.78 Å². The summed E-state index contributed by atoms with van der Waals surface area (Å²) in [6, 6.07) is 0. The average molecular weight is 259 g/mol. The summed E-state index contributed by atoms with van der Waals surface area (Å²) in [5.74, 6) is -1.31. The van der Waals surface area contributed by atoms with Gasteiger partial charge in [0.15, 0.2) is 5.69 Å². The van der Waals surface area contributed by atoms with Gasteiger partial charge in [0, 0.05) is 6.20 Å². The molecule has 0 saturated heterocycles. The molecular weight excluding hydrogens is 244 g/mol. The van der Waals surface area contributed by atoms with E-state index in [-0.39, 0.29) is 22.8 Å². The summed E-state index contributed by atoms with van der Waals surface area (Å²) in [5, 5.41) is 6.53. The lowest BCUT2D eigenvalue weighted by Crippen LogP contribution is -2.23. The maximum atomic E-state index is 11.2. The summed E-state index contributed by atoms with van der Waals surface area (Å²) < 4.78 is 1.57. The van der Waals surface area contributed by atoms with Crippen LogP contribution in [0.2, 0.25) is 0 Å². The fourth-order valence-corrected chi connectivity index (χ4v) is 1.24. The summed E-state index contributed by atoms with van der Waals surface area (Å²) in [6.45, 7) is 5.74. The second-order valence-corrected chi connectivity index (χ2v) is 4.82. The zero-order valence-corrected chi connectivity index (χ0v) is 10.7. The highest BCUT2D eigenvalue weighted by Gasteiger charge is 2.21. The van der Waals surface area contributed by atoms with Crippen LogP contribution in [0.4, 0.5) is 5.69 Å². The molecule has 0 aromatic carbocycles. The molecular formula is C10H15ClN4O2. The molecule has 0 unspecified atom stereocenters. The first-order valence-corrected chi connectivity index (χ1v) is 5.55. The number of nitrogens with one attached hydrogen (secondary N) is 1. The normalized spacial score (nSPS) is 11.3. The molecule has 0 aliphatic heterocycles. The Kier molecular flexibility index (Phi) is 3.77. The van der Waals surface area contributed by atoms with Gasteiger partial charge in [0.25, 0.3) is 5.91 Å². The average Bonchev–Trinajstić information content (AvgIpc) is 2.61. The highest BCUT2D eigenvalue weighted by molar-refractivity contribution is 6.29. The number of rotatable bonds is 3. The van der Waals surface area contributed by atoms with Crippen LogP contribution < -0.4 is 11.1 Å². The number of primary amides is 1. The fourth-order valence-electron chi connectivity index (χ4n) is 1.17. The van der Waals surface area contributed by atoms with Gasteiger partial charge in [-0.25, -0.2) is 0 Å². The lowest BCUT2D eigenvalue weighted by atomic mass is 10.1. The van der Waals surface area contributed by atoms with E-state index in [1.54, 1.807) is 10.9 Å². The van der Waals surface area contributed by atoms with E-state index in [4.69, 9.17) is 17.3 Å². The van der Waals surface area contributed by atoms with E-state index in [1.807, 2.05) is 20.8 Å². The third kappa shape index (κ3) is 3.20. The number of hydrogen-bond donors (Lipinski definition) is 2. The van der Waals surface area contributed by atoms with Crippen LogP contribution in [0.1, 0.15) is 31.3 Å². The molecule has 0 aliphatic rings. The molecule has 0 bridgehead atoms. The van der Waals surface area contributed by atoms with Crippen molar-refractivity contribution in [1.29, 1.82) is 0 Å². The van der Waals surface area contributed by atoms with Crippen molar-refractivity contribution >= 4 is 29.1 Å². The maximum absolute atomic E-state index is 11.2. The number of carbonyl (C=O) groups is 2. The minimum Gasteiger partial charge on any atom is -0.364 e. The summed E-state index contributed by atoms with van der Waals surface area (Å²) in [7, 11) is 0. The third-order valence-electron chi connectivity index (χ3n) is 2.03. The van der Waals surface area contributed by atoms with Crippen molar-refractivity contribution in [3.05, 3.63) is 11.9 Å². The van der Waals surface area contributed by atoms with Crippen molar-refractivity contribution in [2.75, 3.05) is 11.2 Å². The van der Waals surface area contributed by atoms with Crippen LogP contribution >= 0.6 is 11.6 Å². The molecule has 0 radical (unpaired) electrons. The summed E-state index contributed by atoms with van der Waals surface area (Å²) >= 11 is 5.38. The van der Waals surface area contributed by atoms with Gasteiger partial charge in [-0.2, -0.15) is 5.10 Å². The summed E-state index contributed by atoms with van der Waals surface area (Å²) in [5.41, 5.74) is 5.18. The number of aromatic nitrogens is 2. The minimum absolute atomic E-state index is 0.0263. The van der Waals surface area contributed by atoms with Crippen molar-refractivity contribution in [3.8, 4) is 0 Å². The van der Waals surface area contributed by atoms with E-state index < -0.39 is 11.8 Å². The lowest BCUT2D eigenvalue weighted by Gasteiger charge is -2.18. The van der Waals surface area contributed by atoms with Crippen molar-refractivity contribution in [2.24, 2.45) is 5.73 Å². The largest absolute Gasteiger partial charge is 0.364 e. The zero-order valence-electron chi connectivity index (χ0n) is 9.95. The quantitative estimate of drug-likeness (QED) is 0.790. The first-order chi connectivity index (χ1) is 7.75. The lowest BCUT2D eigenvalue weighted by molar-refractivity contribution is -0.113. The van der Waals surface area contributed by atoms with E-state index in [1.165, 1.54) is 0 Å². The molecule has 0 saturated carbocycles. The Morgan fingerprint density at radius 3 is 2.53 bits per heavy atom. The second kappa shape index (κ2) is 4.75. The number of nitrogens with zero attached hydrogens (tertiary/aromatic N) is 2. The smallest absolute Gasteiger partial charge is 0.271 e. The van der Waals surface area contributed by atoms with Gasteiger partial charge in [-0.05, 0) is 20.8 Å². The Hall–Kier alpha value is -1.56. The van der Waals surface area contributed by atoms with Crippen LogP contribution in [-0.4, -0.2) is 27.5 Å². The number of amides is 2. The van der Waals surface area contributed by atoms with E-state index >= 15 is 0 Å². The predicted molar refractivity (Wildman–Crippen MR) is 65.1 cm³/mol. The van der Waals surface area contributed by atoms with Crippen LogP contribution in [0.5, 0.6) is 0 Å². The van der Waals surface area contributed by atoms with Crippen LogP contribution in [0, 0.1) is 0 Å². The molecule has 94 valence electrons. The maximum Gasteiger partial charge on any atom is 0.271 e. The molecule has 1 aromatic rings. The first-order valence-electron chi connectivity index (χ1n) is 5.01. The van der Waals surface area contributed by atoms with E-state index in [0.29, 0.717) is 0 Å². The highest BCUT2D eigenvalue weighted by Crippen LogP contribution is 2.20. The summed E-state index contributed by atoms with van der Waals surface area (Å²) in [6.07, 6.45) is 1.56. The van der Waals surface area contributed by atoms with Gasteiger partial charge >= 0.3 is 0 Å². The standard InChI is InChI=1S/C10H15ClN4O2/c1-10(2,3)15-5-6(13-7(16)4-11)8(14-15)9(12)17/h5H,4H2,1-3H3,(H2,12,17)(H,13,16). The topological polar surface area (TPSA) is 90.0 Å². The second-order valence-electron chi connectivity index (χ2n) is 4.55. The van der Waals surface area contributed by atoms with E-state index in [2.05, 4.69) is 10.4 Å². The monoisotopic (exact) mass is 258 g/mol. The molecule has 2 amide bonds. The number of hydrogen-bond acceptors (Lipinski definition) is 3. The Morgan fingerprint density at radius 2 is 2.12 bits per heavy atom. The summed E-state index contributed by atoms with van der Waals surface area (Å²) in [4.78, 5) is 22.4. The van der Waals surface area contributed by atoms with E-state index in [9.17, 15) is 9.59 Å². The van der Waals surface area contributed by atoms with Crippen molar-refractivity contribution in [3.63, 3.8) is 0 Å². The van der Waals surface area contributed by atoms with Crippen molar-refractivity contribution in [2.45, 2.75) is 26.3 Å². The van der Waals surface area contributed by atoms with Gasteiger partial charge in [-0.15, -0.1) is 11.6 Å². The number of halogens is 1. The SMILES string of the molecule is CC(C)(C)n1cc(NC(=O)CCl)c(C(N)=O)n1. The molecule has 3 N–H and O–H groups in total. The minimum atomic E-state index is -0.696. The molecule has 0 aliphatic carbocycles. The highest BCUT2D eigenvalue weighted by atomic mass is 35.5. The number of alkyl halides is 1. The molecule has 0 atom stereocenters. The fraction of sp³-hybridized carbons (Fsp3) is 0.500. The van der Waals surface area contributed by atoms with Crippen molar-refractivity contribution < 1.29 is 9.59 Å². The molecule has 1 aromatic heterocycles. The van der Waals surface area contributed by atoms with Gasteiger partial charge in [-0.1, -0.05) is 0 Å². The number of nitrogens with two attached hydrogens (primary N) is 1. The van der Waals surface area contributed by atoms with E-state index in [0.717, 1.165) is 0 Å². The van der Waals surface area contributed by atoms with Gasteiger partial charge in [0.05, 0.1) is 11.2 Å². The molecule has 0 fully saturated rings. The van der Waals surface area contributed by atoms with Gasteiger partial charge < -0.3 is 11.1 Å². The Balaban J connectivity index is 3.14. The van der Waals surface area contributed by atoms with Crippen LogP contribution in [0.15, 0.2) is 6.20 Å². The molecule has 1 rings (SSSR count). The molecule has 7 heteroatoms. The molecule has 17 heavy (non-hydrogen) atoms. The van der Waals surface area contributed by atoms with Crippen LogP contribution in [0.3, 0.4) is 0 Å². The Bertz CT molecular complexity index is 448. The van der Waals surface area contributed by atoms with Gasteiger partial charge in [0.2, 0.25) is 5.91 Å². The molecule has 0 spiro atoms. The number of carbonyl (C=O) groups excluding carboxylic acids is 2. The molecule has 6 nitrogen and oxygen atoms in total. The van der Waals surface area contributed by atoms with Crippen LogP contribution in [0.25, 0.3) is 0 Å². The predicted octanol–water partition coefficient (Wildman–Crippen LogP) is 0.914. The molecule has 1 heterocycles. The van der Waals surface area contributed by atoms with Crippen LogP contribution in [-0.2, 0) is 10.3 Å². The third-order valence-corrected chi connectivity index (χ3v) is 2.27. The Morgan fingerprint density at radius 1 is 1.53 bits per heavy atom. The Labute approximate surface area is 104 Å². The van der Waals surface area contributed by atoms with Gasteiger partial charge in [0.1, 0.15) is 5.88 Å². The zero-order chi connectivity index (χ0) is 13.2. The first kappa shape index (κ1) is 13.5. The van der Waals surface area contributed by atoms with Gasteiger partial charge in [-0.3, -0.25) is 14.3 Å². The number of anilines is 1.